The highest BCUT2D eigenvalue weighted by atomic mass is 127. The van der Waals surface area contributed by atoms with Gasteiger partial charge in [-0.2, -0.15) is 0 Å². The molecule has 2 rings (SSSR count). The van der Waals surface area contributed by atoms with Crippen molar-refractivity contribution in [3.8, 4) is 0 Å². The van der Waals surface area contributed by atoms with Gasteiger partial charge in [0.15, 0.2) is 5.11 Å². The molecule has 0 aromatic heterocycles. The largest absolute Gasteiger partial charge is 0.332 e. The summed E-state index contributed by atoms with van der Waals surface area (Å²) in [5.74, 6) is -0.226. The molecular formula is C14H10BrIN2OS. The first-order valence-corrected chi connectivity index (χ1v) is 7.96. The van der Waals surface area contributed by atoms with Crippen LogP contribution in [-0.4, -0.2) is 11.0 Å². The van der Waals surface area contributed by atoms with Gasteiger partial charge < -0.3 is 5.32 Å². The molecule has 1 amide bonds. The Balaban J connectivity index is 1.95. The smallest absolute Gasteiger partial charge is 0.257 e. The number of nitrogens with one attached hydrogen (secondary N) is 2. The van der Waals surface area contributed by atoms with E-state index in [0.29, 0.717) is 5.56 Å². The zero-order valence-electron chi connectivity index (χ0n) is 10.2. The molecule has 0 saturated carbocycles. The standard InChI is InChI=1S/C14H10BrIN2OS/c15-10-3-7-12(8-4-10)17-14(20)18-13(19)9-1-5-11(16)6-2-9/h1-8H,(H2,17,18,19,20). The summed E-state index contributed by atoms with van der Waals surface area (Å²) < 4.78 is 2.06. The predicted molar refractivity (Wildman–Crippen MR) is 97.0 cm³/mol. The predicted octanol–water partition coefficient (Wildman–Crippen LogP) is 4.18. The second kappa shape index (κ2) is 7.14. The number of halogens is 2. The lowest BCUT2D eigenvalue weighted by Crippen LogP contribution is -2.34. The average Bonchev–Trinajstić information content (AvgIpc) is 2.42. The number of carbonyl (C=O) groups excluding carboxylic acids is 1. The van der Waals surface area contributed by atoms with Crippen molar-refractivity contribution in [3.63, 3.8) is 0 Å². The van der Waals surface area contributed by atoms with E-state index >= 15 is 0 Å². The first kappa shape index (κ1) is 15.4. The summed E-state index contributed by atoms with van der Waals surface area (Å²) >= 11 is 10.7. The molecule has 0 heterocycles. The van der Waals surface area contributed by atoms with E-state index < -0.39 is 0 Å². The first-order valence-electron chi connectivity index (χ1n) is 5.68. The van der Waals surface area contributed by atoms with Gasteiger partial charge in [-0.15, -0.1) is 0 Å². The van der Waals surface area contributed by atoms with Gasteiger partial charge in [-0.25, -0.2) is 0 Å². The van der Waals surface area contributed by atoms with Gasteiger partial charge in [0, 0.05) is 19.3 Å². The molecule has 0 fully saturated rings. The Bertz CT molecular complexity index is 629. The van der Waals surface area contributed by atoms with Crippen LogP contribution in [0.2, 0.25) is 0 Å². The third kappa shape index (κ3) is 4.53. The fourth-order valence-electron chi connectivity index (χ4n) is 1.47. The Morgan fingerprint density at radius 3 is 2.25 bits per heavy atom. The van der Waals surface area contributed by atoms with Crippen LogP contribution in [0.1, 0.15) is 10.4 Å². The number of amides is 1. The number of carbonyl (C=O) groups is 1. The van der Waals surface area contributed by atoms with Crippen molar-refractivity contribution >= 4 is 67.4 Å². The van der Waals surface area contributed by atoms with Crippen molar-refractivity contribution in [2.75, 3.05) is 5.32 Å². The highest BCUT2D eigenvalue weighted by Crippen LogP contribution is 2.14. The summed E-state index contributed by atoms with van der Waals surface area (Å²) in [6.07, 6.45) is 0. The number of anilines is 1. The highest BCUT2D eigenvalue weighted by molar-refractivity contribution is 14.1. The van der Waals surface area contributed by atoms with Crippen LogP contribution in [0.15, 0.2) is 53.0 Å². The van der Waals surface area contributed by atoms with Crippen molar-refractivity contribution in [3.05, 3.63) is 62.1 Å². The Hall–Kier alpha value is -0.990. The van der Waals surface area contributed by atoms with E-state index in [1.807, 2.05) is 36.4 Å². The molecular weight excluding hydrogens is 451 g/mol. The third-order valence-electron chi connectivity index (χ3n) is 2.44. The van der Waals surface area contributed by atoms with E-state index in [1.165, 1.54) is 0 Å². The molecule has 0 spiro atoms. The summed E-state index contributed by atoms with van der Waals surface area (Å²) in [4.78, 5) is 12.0. The molecule has 0 aliphatic carbocycles. The quantitative estimate of drug-likeness (QED) is 0.521. The van der Waals surface area contributed by atoms with Gasteiger partial charge in [0.05, 0.1) is 0 Å². The lowest BCUT2D eigenvalue weighted by Gasteiger charge is -2.09. The number of thiocarbonyl (C=S) groups is 1. The highest BCUT2D eigenvalue weighted by Gasteiger charge is 2.07. The fraction of sp³-hybridized carbons (Fsp3) is 0. The van der Waals surface area contributed by atoms with Gasteiger partial charge in [0.25, 0.3) is 5.91 Å². The van der Waals surface area contributed by atoms with Gasteiger partial charge in [-0.3, -0.25) is 10.1 Å². The number of rotatable bonds is 2. The van der Waals surface area contributed by atoms with Gasteiger partial charge in [-0.1, -0.05) is 15.9 Å². The van der Waals surface area contributed by atoms with Crippen molar-refractivity contribution in [2.24, 2.45) is 0 Å². The van der Waals surface area contributed by atoms with E-state index in [-0.39, 0.29) is 11.0 Å². The molecule has 0 atom stereocenters. The second-order valence-electron chi connectivity index (χ2n) is 3.92. The van der Waals surface area contributed by atoms with Crippen molar-refractivity contribution in [1.29, 1.82) is 0 Å². The van der Waals surface area contributed by atoms with Crippen molar-refractivity contribution in [2.45, 2.75) is 0 Å². The van der Waals surface area contributed by atoms with Crippen molar-refractivity contribution in [1.82, 2.24) is 5.32 Å². The van der Waals surface area contributed by atoms with Crippen LogP contribution in [0.5, 0.6) is 0 Å². The van der Waals surface area contributed by atoms with E-state index in [1.54, 1.807) is 12.1 Å². The first-order chi connectivity index (χ1) is 9.54. The van der Waals surface area contributed by atoms with Crippen LogP contribution in [0.4, 0.5) is 5.69 Å². The van der Waals surface area contributed by atoms with Gasteiger partial charge in [0.2, 0.25) is 0 Å². The Morgan fingerprint density at radius 1 is 1.05 bits per heavy atom. The van der Waals surface area contributed by atoms with Crippen molar-refractivity contribution < 1.29 is 4.79 Å². The molecule has 0 radical (unpaired) electrons. The van der Waals surface area contributed by atoms with E-state index in [2.05, 4.69) is 49.2 Å². The molecule has 20 heavy (non-hydrogen) atoms. The molecule has 0 saturated heterocycles. The number of benzene rings is 2. The maximum absolute atomic E-state index is 12.0. The lowest BCUT2D eigenvalue weighted by atomic mass is 10.2. The van der Waals surface area contributed by atoms with Crippen LogP contribution >= 0.6 is 50.7 Å². The van der Waals surface area contributed by atoms with Gasteiger partial charge in [-0.05, 0) is 83.3 Å². The van der Waals surface area contributed by atoms with Crippen LogP contribution in [0.25, 0.3) is 0 Å². The molecule has 0 aliphatic heterocycles. The molecule has 2 N–H and O–H groups in total. The topological polar surface area (TPSA) is 41.1 Å². The normalized spacial score (nSPS) is 9.90. The summed E-state index contributed by atoms with van der Waals surface area (Å²) in [6, 6.07) is 14.8. The molecule has 102 valence electrons. The third-order valence-corrected chi connectivity index (χ3v) is 3.89. The lowest BCUT2D eigenvalue weighted by molar-refractivity contribution is 0.0977. The van der Waals surface area contributed by atoms with E-state index in [4.69, 9.17) is 12.2 Å². The molecule has 0 aliphatic rings. The Kier molecular flexibility index (Phi) is 5.50. The molecule has 3 nitrogen and oxygen atoms in total. The molecule has 6 heteroatoms. The monoisotopic (exact) mass is 460 g/mol. The van der Waals surface area contributed by atoms with Crippen LogP contribution in [0, 0.1) is 3.57 Å². The minimum atomic E-state index is -0.226. The fourth-order valence-corrected chi connectivity index (χ4v) is 2.31. The minimum absolute atomic E-state index is 0.226. The summed E-state index contributed by atoms with van der Waals surface area (Å²) in [5, 5.41) is 5.88. The van der Waals surface area contributed by atoms with Gasteiger partial charge in [0.1, 0.15) is 0 Å². The summed E-state index contributed by atoms with van der Waals surface area (Å²) in [6.45, 7) is 0. The SMILES string of the molecule is O=C(NC(=S)Nc1ccc(Br)cc1)c1ccc(I)cc1. The molecule has 2 aromatic carbocycles. The number of hydrogen-bond donors (Lipinski definition) is 2. The zero-order valence-corrected chi connectivity index (χ0v) is 14.8. The second-order valence-corrected chi connectivity index (χ2v) is 6.49. The maximum Gasteiger partial charge on any atom is 0.257 e. The van der Waals surface area contributed by atoms with Crippen LogP contribution in [0.3, 0.4) is 0 Å². The maximum atomic E-state index is 12.0. The summed E-state index contributed by atoms with van der Waals surface area (Å²) in [5.41, 5.74) is 1.39. The van der Waals surface area contributed by atoms with E-state index in [0.717, 1.165) is 13.7 Å². The molecule has 0 unspecified atom stereocenters. The van der Waals surface area contributed by atoms with Crippen LogP contribution in [-0.2, 0) is 0 Å². The molecule has 0 bridgehead atoms. The molecule has 2 aromatic rings. The van der Waals surface area contributed by atoms with E-state index in [9.17, 15) is 4.79 Å². The minimum Gasteiger partial charge on any atom is -0.332 e. The summed E-state index contributed by atoms with van der Waals surface area (Å²) in [7, 11) is 0. The zero-order chi connectivity index (χ0) is 14.5. The Labute approximate surface area is 144 Å². The number of hydrogen-bond acceptors (Lipinski definition) is 2. The average molecular weight is 461 g/mol. The van der Waals surface area contributed by atoms with Gasteiger partial charge >= 0.3 is 0 Å². The Morgan fingerprint density at radius 2 is 1.65 bits per heavy atom. The van der Waals surface area contributed by atoms with Crippen LogP contribution < -0.4 is 10.6 Å².